The second-order valence-corrected chi connectivity index (χ2v) is 6.36. The van der Waals surface area contributed by atoms with Gasteiger partial charge in [-0.15, -0.1) is 0 Å². The SMILES string of the molecule is CC(C)(C)c1nc(-c2ccc(O)cc2)c(-c2ccccc2)o1. The molecule has 0 radical (unpaired) electrons. The van der Waals surface area contributed by atoms with E-state index in [-0.39, 0.29) is 11.2 Å². The Labute approximate surface area is 130 Å². The van der Waals surface area contributed by atoms with Gasteiger partial charge >= 0.3 is 0 Å². The van der Waals surface area contributed by atoms with Gasteiger partial charge in [-0.3, -0.25) is 0 Å². The van der Waals surface area contributed by atoms with Crippen LogP contribution in [-0.2, 0) is 5.41 Å². The molecule has 2 aromatic carbocycles. The van der Waals surface area contributed by atoms with Gasteiger partial charge < -0.3 is 9.52 Å². The number of phenolic OH excluding ortho intramolecular Hbond substituents is 1. The van der Waals surface area contributed by atoms with Crippen LogP contribution in [0.5, 0.6) is 5.75 Å². The van der Waals surface area contributed by atoms with Crippen LogP contribution in [0.25, 0.3) is 22.6 Å². The standard InChI is InChI=1S/C19H19NO2/c1-19(2,3)18-20-16(13-9-11-15(21)12-10-13)17(22-18)14-7-5-4-6-8-14/h4-12,21H,1-3H3. The molecule has 112 valence electrons. The summed E-state index contributed by atoms with van der Waals surface area (Å²) in [5, 5.41) is 9.48. The number of oxazole rings is 1. The van der Waals surface area contributed by atoms with E-state index in [9.17, 15) is 5.11 Å². The molecule has 0 unspecified atom stereocenters. The Kier molecular flexibility index (Phi) is 3.49. The van der Waals surface area contributed by atoms with Crippen molar-refractivity contribution < 1.29 is 9.52 Å². The lowest BCUT2D eigenvalue weighted by molar-refractivity contribution is 0.399. The lowest BCUT2D eigenvalue weighted by Crippen LogP contribution is -2.11. The number of aromatic nitrogens is 1. The number of hydrogen-bond acceptors (Lipinski definition) is 3. The highest BCUT2D eigenvalue weighted by Gasteiger charge is 2.25. The summed E-state index contributed by atoms with van der Waals surface area (Å²) in [5.74, 6) is 1.70. The summed E-state index contributed by atoms with van der Waals surface area (Å²) in [6.45, 7) is 6.23. The Morgan fingerprint density at radius 2 is 1.50 bits per heavy atom. The van der Waals surface area contributed by atoms with Crippen LogP contribution >= 0.6 is 0 Å². The fourth-order valence-corrected chi connectivity index (χ4v) is 2.24. The zero-order valence-corrected chi connectivity index (χ0v) is 13.0. The van der Waals surface area contributed by atoms with Crippen LogP contribution < -0.4 is 0 Å². The highest BCUT2D eigenvalue weighted by atomic mass is 16.4. The van der Waals surface area contributed by atoms with Gasteiger partial charge in [-0.25, -0.2) is 4.98 Å². The van der Waals surface area contributed by atoms with Gasteiger partial charge in [0.05, 0.1) is 0 Å². The number of benzene rings is 2. The second kappa shape index (κ2) is 5.34. The maximum atomic E-state index is 9.48. The average molecular weight is 293 g/mol. The molecule has 0 saturated carbocycles. The highest BCUT2D eigenvalue weighted by Crippen LogP contribution is 2.36. The minimum absolute atomic E-state index is 0.168. The first-order valence-electron chi connectivity index (χ1n) is 7.31. The predicted octanol–water partition coefficient (Wildman–Crippen LogP) is 5.01. The molecular weight excluding hydrogens is 274 g/mol. The average Bonchev–Trinajstić information content (AvgIpc) is 2.94. The highest BCUT2D eigenvalue weighted by molar-refractivity contribution is 5.77. The summed E-state index contributed by atoms with van der Waals surface area (Å²) >= 11 is 0. The zero-order valence-electron chi connectivity index (χ0n) is 13.0. The van der Waals surface area contributed by atoms with E-state index in [1.165, 1.54) is 0 Å². The molecule has 0 aliphatic rings. The fourth-order valence-electron chi connectivity index (χ4n) is 2.24. The molecule has 3 nitrogen and oxygen atoms in total. The van der Waals surface area contributed by atoms with E-state index in [1.807, 2.05) is 42.5 Å². The van der Waals surface area contributed by atoms with E-state index in [2.05, 4.69) is 20.8 Å². The van der Waals surface area contributed by atoms with Crippen LogP contribution in [0.2, 0.25) is 0 Å². The minimum atomic E-state index is -0.168. The van der Waals surface area contributed by atoms with Crippen molar-refractivity contribution in [3.8, 4) is 28.3 Å². The molecule has 0 spiro atoms. The third-order valence-electron chi connectivity index (χ3n) is 3.45. The Morgan fingerprint density at radius 1 is 0.864 bits per heavy atom. The van der Waals surface area contributed by atoms with E-state index in [4.69, 9.17) is 9.40 Å². The van der Waals surface area contributed by atoms with Crippen LogP contribution in [0.1, 0.15) is 26.7 Å². The number of rotatable bonds is 2. The van der Waals surface area contributed by atoms with Gasteiger partial charge in [0.15, 0.2) is 5.76 Å². The van der Waals surface area contributed by atoms with Gasteiger partial charge in [0.2, 0.25) is 5.89 Å². The molecule has 0 amide bonds. The largest absolute Gasteiger partial charge is 0.508 e. The molecular formula is C19H19NO2. The van der Waals surface area contributed by atoms with Crippen molar-refractivity contribution in [3.63, 3.8) is 0 Å². The van der Waals surface area contributed by atoms with Gasteiger partial charge in [0.25, 0.3) is 0 Å². The zero-order chi connectivity index (χ0) is 15.7. The van der Waals surface area contributed by atoms with Gasteiger partial charge in [0, 0.05) is 16.5 Å². The van der Waals surface area contributed by atoms with Crippen LogP contribution in [0.15, 0.2) is 59.0 Å². The quantitative estimate of drug-likeness (QED) is 0.722. The molecule has 3 aromatic rings. The summed E-state index contributed by atoms with van der Waals surface area (Å²) in [6, 6.07) is 17.0. The second-order valence-electron chi connectivity index (χ2n) is 6.36. The van der Waals surface area contributed by atoms with E-state index >= 15 is 0 Å². The molecule has 0 saturated heterocycles. The number of hydrogen-bond donors (Lipinski definition) is 1. The van der Waals surface area contributed by atoms with Gasteiger partial charge in [-0.05, 0) is 24.3 Å². The molecule has 1 aromatic heterocycles. The van der Waals surface area contributed by atoms with Crippen LogP contribution in [-0.4, -0.2) is 10.1 Å². The van der Waals surface area contributed by atoms with Crippen molar-refractivity contribution in [2.45, 2.75) is 26.2 Å². The topological polar surface area (TPSA) is 46.3 Å². The lowest BCUT2D eigenvalue weighted by atomic mass is 9.97. The predicted molar refractivity (Wildman–Crippen MR) is 87.7 cm³/mol. The maximum absolute atomic E-state index is 9.48. The molecule has 3 rings (SSSR count). The monoisotopic (exact) mass is 293 g/mol. The molecule has 0 aliphatic carbocycles. The van der Waals surface area contributed by atoms with Crippen molar-refractivity contribution in [1.29, 1.82) is 0 Å². The summed E-state index contributed by atoms with van der Waals surface area (Å²) in [7, 11) is 0. The molecule has 3 heteroatoms. The Balaban J connectivity index is 2.19. The molecule has 22 heavy (non-hydrogen) atoms. The fraction of sp³-hybridized carbons (Fsp3) is 0.211. The van der Waals surface area contributed by atoms with Crippen molar-refractivity contribution >= 4 is 0 Å². The first-order chi connectivity index (χ1) is 10.4. The Bertz CT molecular complexity index is 765. The van der Waals surface area contributed by atoms with Crippen molar-refractivity contribution in [2.24, 2.45) is 0 Å². The maximum Gasteiger partial charge on any atom is 0.200 e. The van der Waals surface area contributed by atoms with Crippen LogP contribution in [0, 0.1) is 0 Å². The number of aromatic hydroxyl groups is 1. The van der Waals surface area contributed by atoms with E-state index in [1.54, 1.807) is 12.1 Å². The number of phenols is 1. The summed E-state index contributed by atoms with van der Waals surface area (Å²) < 4.78 is 6.08. The Morgan fingerprint density at radius 3 is 2.09 bits per heavy atom. The molecule has 0 aliphatic heterocycles. The molecule has 0 fully saturated rings. The first-order valence-corrected chi connectivity index (χ1v) is 7.31. The number of nitrogens with zero attached hydrogens (tertiary/aromatic N) is 1. The van der Waals surface area contributed by atoms with Crippen LogP contribution in [0.3, 0.4) is 0 Å². The molecule has 1 heterocycles. The molecule has 1 N–H and O–H groups in total. The normalized spacial score (nSPS) is 11.6. The first kappa shape index (κ1) is 14.4. The smallest absolute Gasteiger partial charge is 0.200 e. The third kappa shape index (κ3) is 2.75. The van der Waals surface area contributed by atoms with Gasteiger partial charge in [0.1, 0.15) is 11.4 Å². The van der Waals surface area contributed by atoms with Crippen LogP contribution in [0.4, 0.5) is 0 Å². The van der Waals surface area contributed by atoms with Crippen molar-refractivity contribution in [2.75, 3.05) is 0 Å². The molecule has 0 atom stereocenters. The van der Waals surface area contributed by atoms with Crippen molar-refractivity contribution in [1.82, 2.24) is 4.98 Å². The third-order valence-corrected chi connectivity index (χ3v) is 3.45. The molecule has 0 bridgehead atoms. The Hall–Kier alpha value is -2.55. The minimum Gasteiger partial charge on any atom is -0.508 e. The van der Waals surface area contributed by atoms with Gasteiger partial charge in [-0.2, -0.15) is 0 Å². The van der Waals surface area contributed by atoms with Crippen molar-refractivity contribution in [3.05, 3.63) is 60.5 Å². The summed E-state index contributed by atoms with van der Waals surface area (Å²) in [4.78, 5) is 4.71. The summed E-state index contributed by atoms with van der Waals surface area (Å²) in [5.41, 5.74) is 2.55. The van der Waals surface area contributed by atoms with E-state index in [0.29, 0.717) is 5.89 Å². The van der Waals surface area contributed by atoms with E-state index in [0.717, 1.165) is 22.6 Å². The van der Waals surface area contributed by atoms with E-state index < -0.39 is 0 Å². The lowest BCUT2D eigenvalue weighted by Gasteiger charge is -2.12. The summed E-state index contributed by atoms with van der Waals surface area (Å²) in [6.07, 6.45) is 0. The van der Waals surface area contributed by atoms with Gasteiger partial charge in [-0.1, -0.05) is 51.1 Å².